The molecule has 0 bridgehead atoms. The van der Waals surface area contributed by atoms with E-state index >= 15 is 0 Å². The van der Waals surface area contributed by atoms with Gasteiger partial charge in [-0.2, -0.15) is 0 Å². The molecule has 2 aliphatic rings. The number of hydrogen-bond acceptors (Lipinski definition) is 3. The number of rotatable bonds is 5. The van der Waals surface area contributed by atoms with Gasteiger partial charge >= 0.3 is 0 Å². The first-order valence-corrected chi connectivity index (χ1v) is 8.82. The van der Waals surface area contributed by atoms with Crippen LogP contribution in [-0.2, 0) is 10.2 Å². The van der Waals surface area contributed by atoms with E-state index in [1.54, 1.807) is 0 Å². The second-order valence-corrected chi connectivity index (χ2v) is 6.94. The average molecular weight is 317 g/mol. The smallest absolute Gasteiger partial charge is 0.231 e. The van der Waals surface area contributed by atoms with Crippen LogP contribution in [0.4, 0.5) is 0 Å². The van der Waals surface area contributed by atoms with Crippen molar-refractivity contribution in [3.05, 3.63) is 23.8 Å². The predicted octanol–water partition coefficient (Wildman–Crippen LogP) is 3.78. The SMILES string of the molecule is CCC(C)C(=O)NCC1(c2ccc3c(c2)OCO3)CCCCC1. The van der Waals surface area contributed by atoms with E-state index in [2.05, 4.69) is 24.4 Å². The summed E-state index contributed by atoms with van der Waals surface area (Å²) >= 11 is 0. The molecule has 1 heterocycles. The van der Waals surface area contributed by atoms with Crippen molar-refractivity contribution >= 4 is 5.91 Å². The van der Waals surface area contributed by atoms with Gasteiger partial charge in [-0.1, -0.05) is 39.2 Å². The lowest BCUT2D eigenvalue weighted by molar-refractivity contribution is -0.124. The summed E-state index contributed by atoms with van der Waals surface area (Å²) in [6.07, 6.45) is 6.83. The lowest BCUT2D eigenvalue weighted by Crippen LogP contribution is -2.43. The van der Waals surface area contributed by atoms with E-state index < -0.39 is 0 Å². The molecular formula is C19H27NO3. The third-order valence-electron chi connectivity index (χ3n) is 5.46. The molecule has 1 aromatic rings. The van der Waals surface area contributed by atoms with Crippen molar-refractivity contribution in [3.63, 3.8) is 0 Å². The molecule has 0 spiro atoms. The number of hydrogen-bond donors (Lipinski definition) is 1. The van der Waals surface area contributed by atoms with Crippen LogP contribution in [0.3, 0.4) is 0 Å². The molecule has 1 unspecified atom stereocenters. The van der Waals surface area contributed by atoms with Gasteiger partial charge in [0, 0.05) is 17.9 Å². The fourth-order valence-electron chi connectivity index (χ4n) is 3.64. The molecule has 0 aromatic heterocycles. The van der Waals surface area contributed by atoms with Crippen molar-refractivity contribution in [3.8, 4) is 11.5 Å². The molecule has 1 saturated carbocycles. The van der Waals surface area contributed by atoms with Crippen molar-refractivity contribution in [2.75, 3.05) is 13.3 Å². The van der Waals surface area contributed by atoms with Gasteiger partial charge in [0.1, 0.15) is 0 Å². The summed E-state index contributed by atoms with van der Waals surface area (Å²) in [5, 5.41) is 3.20. The number of carbonyl (C=O) groups is 1. The van der Waals surface area contributed by atoms with Crippen molar-refractivity contribution < 1.29 is 14.3 Å². The Balaban J connectivity index is 1.80. The van der Waals surface area contributed by atoms with E-state index in [4.69, 9.17) is 9.47 Å². The van der Waals surface area contributed by atoms with Crippen LogP contribution in [0.2, 0.25) is 0 Å². The highest BCUT2D eigenvalue weighted by molar-refractivity contribution is 5.78. The van der Waals surface area contributed by atoms with Crippen molar-refractivity contribution in [2.45, 2.75) is 57.8 Å². The Kier molecular flexibility index (Phi) is 4.79. The van der Waals surface area contributed by atoms with Crippen LogP contribution in [0.5, 0.6) is 11.5 Å². The maximum absolute atomic E-state index is 12.2. The largest absolute Gasteiger partial charge is 0.454 e. The highest BCUT2D eigenvalue weighted by Gasteiger charge is 2.35. The normalized spacial score (nSPS) is 20.1. The highest BCUT2D eigenvalue weighted by Crippen LogP contribution is 2.43. The van der Waals surface area contributed by atoms with Crippen LogP contribution in [0.1, 0.15) is 57.9 Å². The second kappa shape index (κ2) is 6.81. The number of fused-ring (bicyclic) bond motifs is 1. The molecule has 1 aliphatic carbocycles. The summed E-state index contributed by atoms with van der Waals surface area (Å²) in [6, 6.07) is 6.27. The molecule has 4 heteroatoms. The molecule has 1 aromatic carbocycles. The molecule has 1 aliphatic heterocycles. The number of nitrogens with one attached hydrogen (secondary N) is 1. The summed E-state index contributed by atoms with van der Waals surface area (Å²) in [5.41, 5.74) is 1.30. The predicted molar refractivity (Wildman–Crippen MR) is 89.8 cm³/mol. The monoisotopic (exact) mass is 317 g/mol. The van der Waals surface area contributed by atoms with E-state index in [1.807, 2.05) is 13.0 Å². The first-order chi connectivity index (χ1) is 11.1. The molecule has 126 valence electrons. The first-order valence-electron chi connectivity index (χ1n) is 8.82. The summed E-state index contributed by atoms with van der Waals surface area (Å²) in [4.78, 5) is 12.2. The molecular weight excluding hydrogens is 290 g/mol. The maximum atomic E-state index is 12.2. The third-order valence-corrected chi connectivity index (χ3v) is 5.46. The Labute approximate surface area is 138 Å². The van der Waals surface area contributed by atoms with Crippen LogP contribution in [0.25, 0.3) is 0 Å². The van der Waals surface area contributed by atoms with Crippen molar-refractivity contribution in [1.82, 2.24) is 5.32 Å². The van der Waals surface area contributed by atoms with E-state index in [0.29, 0.717) is 6.79 Å². The number of carbonyl (C=O) groups excluding carboxylic acids is 1. The van der Waals surface area contributed by atoms with E-state index in [9.17, 15) is 4.79 Å². The minimum atomic E-state index is 0.0301. The molecule has 1 N–H and O–H groups in total. The van der Waals surface area contributed by atoms with Gasteiger partial charge in [-0.3, -0.25) is 4.79 Å². The molecule has 1 atom stereocenters. The Hall–Kier alpha value is -1.71. The molecule has 4 nitrogen and oxygen atoms in total. The molecule has 0 radical (unpaired) electrons. The zero-order chi connectivity index (χ0) is 16.3. The van der Waals surface area contributed by atoms with Crippen LogP contribution >= 0.6 is 0 Å². The lowest BCUT2D eigenvalue weighted by Gasteiger charge is -2.38. The Morgan fingerprint density at radius 2 is 1.96 bits per heavy atom. The summed E-state index contributed by atoms with van der Waals surface area (Å²) < 4.78 is 11.0. The highest BCUT2D eigenvalue weighted by atomic mass is 16.7. The Bertz CT molecular complexity index is 564. The van der Waals surface area contributed by atoms with Gasteiger partial charge in [0.2, 0.25) is 12.7 Å². The second-order valence-electron chi connectivity index (χ2n) is 6.94. The van der Waals surface area contributed by atoms with Crippen molar-refractivity contribution in [1.29, 1.82) is 0 Å². The topological polar surface area (TPSA) is 47.6 Å². The summed E-state index contributed by atoms with van der Waals surface area (Å²) in [6.45, 7) is 5.06. The molecule has 0 saturated heterocycles. The Morgan fingerprint density at radius 3 is 2.70 bits per heavy atom. The number of amides is 1. The summed E-state index contributed by atoms with van der Waals surface area (Å²) in [7, 11) is 0. The molecule has 1 amide bonds. The fraction of sp³-hybridized carbons (Fsp3) is 0.632. The molecule has 1 fully saturated rings. The first kappa shape index (κ1) is 16.2. The maximum Gasteiger partial charge on any atom is 0.231 e. The van der Waals surface area contributed by atoms with Gasteiger partial charge < -0.3 is 14.8 Å². The summed E-state index contributed by atoms with van der Waals surface area (Å²) in [5.74, 6) is 1.90. The molecule has 23 heavy (non-hydrogen) atoms. The van der Waals surface area contributed by atoms with Crippen molar-refractivity contribution in [2.24, 2.45) is 5.92 Å². The minimum absolute atomic E-state index is 0.0301. The standard InChI is InChI=1S/C19H27NO3/c1-3-14(2)18(21)20-12-19(9-5-4-6-10-19)15-7-8-16-17(11-15)23-13-22-16/h7-8,11,14H,3-6,9-10,12-13H2,1-2H3,(H,20,21). The zero-order valence-electron chi connectivity index (χ0n) is 14.2. The third kappa shape index (κ3) is 3.31. The van der Waals surface area contributed by atoms with Crippen LogP contribution in [0, 0.1) is 5.92 Å². The van der Waals surface area contributed by atoms with Gasteiger partial charge in [-0.25, -0.2) is 0 Å². The van der Waals surface area contributed by atoms with Gasteiger partial charge in [-0.15, -0.1) is 0 Å². The van der Waals surface area contributed by atoms with Crippen LogP contribution in [-0.4, -0.2) is 19.2 Å². The van der Waals surface area contributed by atoms with E-state index in [1.165, 1.54) is 24.8 Å². The number of benzene rings is 1. The zero-order valence-corrected chi connectivity index (χ0v) is 14.2. The van der Waals surface area contributed by atoms with E-state index in [-0.39, 0.29) is 17.2 Å². The Morgan fingerprint density at radius 1 is 1.22 bits per heavy atom. The van der Waals surface area contributed by atoms with E-state index in [0.717, 1.165) is 37.3 Å². The van der Waals surface area contributed by atoms with Gasteiger partial charge in [0.05, 0.1) is 0 Å². The van der Waals surface area contributed by atoms with Crippen LogP contribution in [0.15, 0.2) is 18.2 Å². The average Bonchev–Trinajstić information content (AvgIpc) is 3.07. The minimum Gasteiger partial charge on any atom is -0.454 e. The lowest BCUT2D eigenvalue weighted by atomic mass is 9.69. The fourth-order valence-corrected chi connectivity index (χ4v) is 3.64. The number of ether oxygens (including phenoxy) is 2. The van der Waals surface area contributed by atoms with Gasteiger partial charge in [0.25, 0.3) is 0 Å². The quantitative estimate of drug-likeness (QED) is 0.899. The van der Waals surface area contributed by atoms with Gasteiger partial charge in [0.15, 0.2) is 11.5 Å². The molecule has 3 rings (SSSR count). The van der Waals surface area contributed by atoms with Crippen LogP contribution < -0.4 is 14.8 Å². The van der Waals surface area contributed by atoms with Gasteiger partial charge in [-0.05, 0) is 37.0 Å².